The highest BCUT2D eigenvalue weighted by atomic mass is 35.5. The van der Waals surface area contributed by atoms with Crippen molar-refractivity contribution in [2.75, 3.05) is 5.73 Å². The van der Waals surface area contributed by atoms with E-state index in [1.165, 1.54) is 16.8 Å². The Balaban J connectivity index is 0.00000208. The van der Waals surface area contributed by atoms with E-state index in [1.54, 1.807) is 29.2 Å². The molecular formula is C13H12Cl2F2N6O. The predicted molar refractivity (Wildman–Crippen MR) is 86.0 cm³/mol. The number of halogens is 4. The Morgan fingerprint density at radius 1 is 1.33 bits per heavy atom. The zero-order valence-corrected chi connectivity index (χ0v) is 13.6. The third-order valence-corrected chi connectivity index (χ3v) is 3.33. The molecule has 0 bridgehead atoms. The first kappa shape index (κ1) is 18.0. The summed E-state index contributed by atoms with van der Waals surface area (Å²) in [5, 5.41) is 8.04. The predicted octanol–water partition coefficient (Wildman–Crippen LogP) is 2.77. The molecule has 24 heavy (non-hydrogen) atoms. The van der Waals surface area contributed by atoms with Crippen LogP contribution in [0.4, 0.5) is 14.7 Å². The van der Waals surface area contributed by atoms with Crippen molar-refractivity contribution in [3.63, 3.8) is 0 Å². The summed E-state index contributed by atoms with van der Waals surface area (Å²) in [7, 11) is 0. The molecule has 3 aromatic rings. The van der Waals surface area contributed by atoms with E-state index >= 15 is 0 Å². The maximum Gasteiger partial charge on any atom is 0.387 e. The monoisotopic (exact) mass is 376 g/mol. The van der Waals surface area contributed by atoms with E-state index in [2.05, 4.69) is 20.0 Å². The van der Waals surface area contributed by atoms with Gasteiger partial charge in [0.1, 0.15) is 11.4 Å². The smallest absolute Gasteiger partial charge is 0.387 e. The number of nitrogen functional groups attached to an aromatic ring is 1. The lowest BCUT2D eigenvalue weighted by Crippen LogP contribution is -2.04. The fourth-order valence-electron chi connectivity index (χ4n) is 1.97. The van der Waals surface area contributed by atoms with Gasteiger partial charge in [-0.2, -0.15) is 8.78 Å². The van der Waals surface area contributed by atoms with Crippen LogP contribution in [0.5, 0.6) is 5.75 Å². The van der Waals surface area contributed by atoms with Crippen LogP contribution in [0.3, 0.4) is 0 Å². The number of anilines is 1. The Hall–Kier alpha value is -2.39. The van der Waals surface area contributed by atoms with Crippen molar-refractivity contribution in [1.82, 2.24) is 24.5 Å². The molecule has 0 aliphatic rings. The molecule has 0 aliphatic carbocycles. The van der Waals surface area contributed by atoms with E-state index in [0.29, 0.717) is 23.9 Å². The fourth-order valence-corrected chi connectivity index (χ4v) is 2.13. The van der Waals surface area contributed by atoms with E-state index in [1.807, 2.05) is 0 Å². The number of nitrogens with two attached hydrogens (primary N) is 1. The molecule has 0 aliphatic heterocycles. The molecule has 7 nitrogen and oxygen atoms in total. The highest BCUT2D eigenvalue weighted by Crippen LogP contribution is 2.28. The van der Waals surface area contributed by atoms with Gasteiger partial charge in [-0.1, -0.05) is 16.8 Å². The number of hydrogen-bond donors (Lipinski definition) is 1. The molecule has 0 amide bonds. The van der Waals surface area contributed by atoms with Gasteiger partial charge in [0, 0.05) is 18.5 Å². The molecule has 0 atom stereocenters. The third-order valence-electron chi connectivity index (χ3n) is 3.02. The number of aromatic nitrogens is 5. The number of alkyl halides is 2. The van der Waals surface area contributed by atoms with Crippen LogP contribution >= 0.6 is 24.0 Å². The van der Waals surface area contributed by atoms with Crippen LogP contribution in [0.2, 0.25) is 5.02 Å². The van der Waals surface area contributed by atoms with Crippen molar-refractivity contribution in [1.29, 1.82) is 0 Å². The minimum Gasteiger partial charge on any atom is -0.433 e. The Bertz CT molecular complexity index is 822. The maximum atomic E-state index is 12.4. The molecule has 128 valence electrons. The van der Waals surface area contributed by atoms with Crippen LogP contribution in [0.1, 0.15) is 5.69 Å². The van der Waals surface area contributed by atoms with E-state index in [9.17, 15) is 8.78 Å². The van der Waals surface area contributed by atoms with Crippen molar-refractivity contribution in [3.8, 4) is 11.4 Å². The quantitative estimate of drug-likeness (QED) is 0.739. The topological polar surface area (TPSA) is 83.8 Å². The number of rotatable bonds is 5. The van der Waals surface area contributed by atoms with Crippen LogP contribution in [-0.4, -0.2) is 31.2 Å². The molecule has 11 heteroatoms. The molecule has 1 aromatic carbocycles. The van der Waals surface area contributed by atoms with Gasteiger partial charge in [0.2, 0.25) is 0 Å². The first-order valence-electron chi connectivity index (χ1n) is 6.45. The summed E-state index contributed by atoms with van der Waals surface area (Å²) in [6.07, 6.45) is 4.94. The largest absolute Gasteiger partial charge is 0.433 e. The Labute approximate surface area is 146 Å². The minimum absolute atomic E-state index is 0. The molecule has 0 radical (unpaired) electrons. The van der Waals surface area contributed by atoms with Crippen molar-refractivity contribution < 1.29 is 13.5 Å². The van der Waals surface area contributed by atoms with Crippen LogP contribution in [0.25, 0.3) is 5.69 Å². The van der Waals surface area contributed by atoms with Gasteiger partial charge >= 0.3 is 6.61 Å². The lowest BCUT2D eigenvalue weighted by molar-refractivity contribution is -0.0497. The summed E-state index contributed by atoms with van der Waals surface area (Å²) in [5.41, 5.74) is 6.80. The Morgan fingerprint density at radius 2 is 2.12 bits per heavy atom. The molecule has 3 rings (SSSR count). The minimum atomic E-state index is -2.96. The summed E-state index contributed by atoms with van der Waals surface area (Å²) < 4.78 is 32.2. The van der Waals surface area contributed by atoms with Gasteiger partial charge in [-0.15, -0.1) is 17.5 Å². The molecule has 2 N–H and O–H groups in total. The molecular weight excluding hydrogens is 365 g/mol. The molecule has 0 spiro atoms. The highest BCUT2D eigenvalue weighted by Gasteiger charge is 2.11. The summed E-state index contributed by atoms with van der Waals surface area (Å²) in [5.74, 6) is 0.230. The first-order valence-corrected chi connectivity index (χ1v) is 6.83. The van der Waals surface area contributed by atoms with Crippen LogP contribution < -0.4 is 10.5 Å². The number of nitrogens with zero attached hydrogens (tertiary/aromatic N) is 5. The van der Waals surface area contributed by atoms with Gasteiger partial charge in [-0.05, 0) is 12.1 Å². The van der Waals surface area contributed by atoms with Crippen molar-refractivity contribution in [2.45, 2.75) is 13.2 Å². The van der Waals surface area contributed by atoms with Crippen LogP contribution in [0, 0.1) is 0 Å². The third kappa shape index (κ3) is 3.92. The standard InChI is InChI=1S/C13H11ClF2N6O.ClH/c14-10-2-1-9(5-11(10)23-12(15)16)22-7-8(19-20-22)6-21-4-3-18-13(21)17;/h1-5,7,12H,6H2,(H2,17,18);1H. The molecule has 0 fully saturated rings. The molecule has 0 saturated carbocycles. The SMILES string of the molecule is Cl.Nc1nccn1Cc1cn(-c2ccc(Cl)c(OC(F)F)c2)nn1. The Kier molecular flexibility index (Phi) is 5.58. The Morgan fingerprint density at radius 3 is 2.79 bits per heavy atom. The van der Waals surface area contributed by atoms with E-state index in [-0.39, 0.29) is 23.2 Å². The molecule has 0 saturated heterocycles. The lowest BCUT2D eigenvalue weighted by atomic mass is 10.3. The van der Waals surface area contributed by atoms with Crippen LogP contribution in [-0.2, 0) is 6.54 Å². The van der Waals surface area contributed by atoms with Gasteiger partial charge in [0.25, 0.3) is 0 Å². The van der Waals surface area contributed by atoms with Gasteiger partial charge in [0.15, 0.2) is 5.95 Å². The van der Waals surface area contributed by atoms with Crippen molar-refractivity contribution in [2.24, 2.45) is 0 Å². The number of ether oxygens (including phenoxy) is 1. The molecule has 2 aromatic heterocycles. The molecule has 2 heterocycles. The van der Waals surface area contributed by atoms with Gasteiger partial charge in [0.05, 0.1) is 23.5 Å². The summed E-state index contributed by atoms with van der Waals surface area (Å²) >= 11 is 5.82. The van der Waals surface area contributed by atoms with Crippen molar-refractivity contribution in [3.05, 3.63) is 47.5 Å². The second-order valence-electron chi connectivity index (χ2n) is 4.56. The zero-order valence-electron chi connectivity index (χ0n) is 12.0. The van der Waals surface area contributed by atoms with Gasteiger partial charge < -0.3 is 15.0 Å². The fraction of sp³-hybridized carbons (Fsp3) is 0.154. The lowest BCUT2D eigenvalue weighted by Gasteiger charge is -2.08. The van der Waals surface area contributed by atoms with E-state index < -0.39 is 6.61 Å². The number of benzene rings is 1. The average Bonchev–Trinajstić information content (AvgIpc) is 3.11. The normalized spacial score (nSPS) is 10.7. The number of imidazole rings is 1. The summed E-state index contributed by atoms with van der Waals surface area (Å²) in [6, 6.07) is 4.42. The first-order chi connectivity index (χ1) is 11.0. The van der Waals surface area contributed by atoms with Gasteiger partial charge in [-0.25, -0.2) is 9.67 Å². The molecule has 0 unspecified atom stereocenters. The highest BCUT2D eigenvalue weighted by molar-refractivity contribution is 6.32. The van der Waals surface area contributed by atoms with Crippen LogP contribution in [0.15, 0.2) is 36.8 Å². The summed E-state index contributed by atoms with van der Waals surface area (Å²) in [6.45, 7) is -2.57. The van der Waals surface area contributed by atoms with Gasteiger partial charge in [-0.3, -0.25) is 0 Å². The summed E-state index contributed by atoms with van der Waals surface area (Å²) in [4.78, 5) is 3.91. The second-order valence-corrected chi connectivity index (χ2v) is 4.97. The second kappa shape index (κ2) is 7.45. The number of hydrogen-bond acceptors (Lipinski definition) is 5. The zero-order chi connectivity index (χ0) is 16.4. The van der Waals surface area contributed by atoms with E-state index in [0.717, 1.165) is 0 Å². The van der Waals surface area contributed by atoms with E-state index in [4.69, 9.17) is 17.3 Å². The average molecular weight is 377 g/mol. The van der Waals surface area contributed by atoms with Crippen molar-refractivity contribution >= 4 is 30.0 Å². The maximum absolute atomic E-state index is 12.4.